The van der Waals surface area contributed by atoms with Crippen molar-refractivity contribution in [3.05, 3.63) is 54.1 Å². The van der Waals surface area contributed by atoms with Crippen LogP contribution in [0.1, 0.15) is 30.9 Å². The number of rotatable bonds is 10. The summed E-state index contributed by atoms with van der Waals surface area (Å²) in [5.74, 6) is 0.703. The van der Waals surface area contributed by atoms with E-state index in [0.717, 1.165) is 0 Å². The van der Waals surface area contributed by atoms with Gasteiger partial charge in [0.05, 0.1) is 33.8 Å². The number of hydrogen-bond donors (Lipinski definition) is 1. The molecule has 9 heteroatoms. The number of methoxy groups -OCH3 is 3. The Hall–Kier alpha value is -3.75. The van der Waals surface area contributed by atoms with Crippen molar-refractivity contribution < 1.29 is 33.3 Å². The summed E-state index contributed by atoms with van der Waals surface area (Å²) < 4.78 is 21.0. The first-order valence-electron chi connectivity index (χ1n) is 11.5. The van der Waals surface area contributed by atoms with Crippen molar-refractivity contribution in [1.82, 2.24) is 10.2 Å². The molecule has 0 bridgehead atoms. The molecule has 1 fully saturated rings. The van der Waals surface area contributed by atoms with Gasteiger partial charge >= 0.3 is 5.97 Å². The SMILES string of the molecule is COC(=O)CC(NC(=O)C1CCN(C(=O)COc2ccccc2)CC1)c1ccc(OC)c(OC)c1. The Bertz CT molecular complexity index is 1000. The van der Waals surface area contributed by atoms with E-state index in [1.807, 2.05) is 18.2 Å². The van der Waals surface area contributed by atoms with Crippen LogP contribution in [0.15, 0.2) is 48.5 Å². The second-order valence-electron chi connectivity index (χ2n) is 8.21. The number of piperidine rings is 1. The Balaban J connectivity index is 1.58. The molecule has 1 N–H and O–H groups in total. The predicted octanol–water partition coefficient (Wildman–Crippen LogP) is 2.74. The molecule has 1 unspecified atom stereocenters. The summed E-state index contributed by atoms with van der Waals surface area (Å²) in [6, 6.07) is 13.8. The van der Waals surface area contributed by atoms with E-state index >= 15 is 0 Å². The van der Waals surface area contributed by atoms with Crippen LogP contribution < -0.4 is 19.5 Å². The molecular formula is C26H32N2O7. The van der Waals surface area contributed by atoms with Crippen LogP contribution in [-0.4, -0.2) is 63.7 Å². The van der Waals surface area contributed by atoms with Crippen LogP contribution in [0.3, 0.4) is 0 Å². The molecule has 1 aliphatic heterocycles. The average molecular weight is 485 g/mol. The van der Waals surface area contributed by atoms with Gasteiger partial charge in [0.25, 0.3) is 5.91 Å². The summed E-state index contributed by atoms with van der Waals surface area (Å²) in [5.41, 5.74) is 0.701. The molecule has 2 aromatic rings. The smallest absolute Gasteiger partial charge is 0.307 e. The molecule has 188 valence electrons. The van der Waals surface area contributed by atoms with Gasteiger partial charge in [-0.2, -0.15) is 0 Å². The number of hydrogen-bond acceptors (Lipinski definition) is 7. The van der Waals surface area contributed by atoms with Crippen LogP contribution in [-0.2, 0) is 19.1 Å². The fraction of sp³-hybridized carbons (Fsp3) is 0.423. The van der Waals surface area contributed by atoms with E-state index in [4.69, 9.17) is 18.9 Å². The maximum absolute atomic E-state index is 13.1. The molecule has 0 radical (unpaired) electrons. The van der Waals surface area contributed by atoms with E-state index in [9.17, 15) is 14.4 Å². The van der Waals surface area contributed by atoms with Crippen LogP contribution in [0.25, 0.3) is 0 Å². The number of amides is 2. The number of esters is 1. The van der Waals surface area contributed by atoms with Crippen molar-refractivity contribution in [1.29, 1.82) is 0 Å². The quantitative estimate of drug-likeness (QED) is 0.517. The van der Waals surface area contributed by atoms with Crippen LogP contribution >= 0.6 is 0 Å². The topological polar surface area (TPSA) is 103 Å². The lowest BCUT2D eigenvalue weighted by Crippen LogP contribution is -2.45. The van der Waals surface area contributed by atoms with Gasteiger partial charge in [-0.1, -0.05) is 24.3 Å². The highest BCUT2D eigenvalue weighted by molar-refractivity contribution is 5.81. The largest absolute Gasteiger partial charge is 0.493 e. The van der Waals surface area contributed by atoms with Crippen molar-refractivity contribution in [3.63, 3.8) is 0 Å². The summed E-state index contributed by atoms with van der Waals surface area (Å²) in [6.07, 6.45) is 1.03. The van der Waals surface area contributed by atoms with Gasteiger partial charge in [0.15, 0.2) is 18.1 Å². The van der Waals surface area contributed by atoms with Crippen molar-refractivity contribution >= 4 is 17.8 Å². The minimum atomic E-state index is -0.589. The van der Waals surface area contributed by atoms with Crippen molar-refractivity contribution in [3.8, 4) is 17.2 Å². The Morgan fingerprint density at radius 1 is 0.971 bits per heavy atom. The van der Waals surface area contributed by atoms with Gasteiger partial charge in [0, 0.05) is 19.0 Å². The van der Waals surface area contributed by atoms with Gasteiger partial charge in [-0.25, -0.2) is 0 Å². The number of benzene rings is 2. The minimum Gasteiger partial charge on any atom is -0.493 e. The first-order chi connectivity index (χ1) is 16.9. The second kappa shape index (κ2) is 12.6. The molecule has 0 aliphatic carbocycles. The molecule has 1 aliphatic rings. The van der Waals surface area contributed by atoms with Crippen LogP contribution in [0.4, 0.5) is 0 Å². The van der Waals surface area contributed by atoms with Crippen LogP contribution in [0.5, 0.6) is 17.2 Å². The van der Waals surface area contributed by atoms with Gasteiger partial charge in [-0.3, -0.25) is 14.4 Å². The first kappa shape index (κ1) is 25.9. The zero-order valence-electron chi connectivity index (χ0n) is 20.3. The first-order valence-corrected chi connectivity index (χ1v) is 11.5. The minimum absolute atomic E-state index is 0.0219. The zero-order chi connectivity index (χ0) is 25.2. The van der Waals surface area contributed by atoms with Crippen LogP contribution in [0, 0.1) is 5.92 Å². The number of carbonyl (C=O) groups is 3. The maximum Gasteiger partial charge on any atom is 0.307 e. The van der Waals surface area contributed by atoms with Gasteiger partial charge in [-0.15, -0.1) is 0 Å². The van der Waals surface area contributed by atoms with Crippen molar-refractivity contribution in [2.75, 3.05) is 41.0 Å². The highest BCUT2D eigenvalue weighted by Gasteiger charge is 2.30. The van der Waals surface area contributed by atoms with E-state index in [1.54, 1.807) is 35.2 Å². The summed E-state index contributed by atoms with van der Waals surface area (Å²) >= 11 is 0. The Morgan fingerprint density at radius 2 is 1.66 bits per heavy atom. The fourth-order valence-electron chi connectivity index (χ4n) is 4.01. The van der Waals surface area contributed by atoms with Gasteiger partial charge < -0.3 is 29.2 Å². The second-order valence-corrected chi connectivity index (χ2v) is 8.21. The average Bonchev–Trinajstić information content (AvgIpc) is 2.91. The lowest BCUT2D eigenvalue weighted by molar-refractivity contribution is -0.142. The molecule has 1 saturated heterocycles. The van der Waals surface area contributed by atoms with Gasteiger partial charge in [0.2, 0.25) is 5.91 Å². The number of para-hydroxylation sites is 1. The molecule has 9 nitrogen and oxygen atoms in total. The maximum atomic E-state index is 13.1. The van der Waals surface area contributed by atoms with Gasteiger partial charge in [-0.05, 0) is 42.7 Å². The van der Waals surface area contributed by atoms with E-state index in [-0.39, 0.29) is 30.8 Å². The van der Waals surface area contributed by atoms with Crippen molar-refractivity contribution in [2.24, 2.45) is 5.92 Å². The predicted molar refractivity (Wildman–Crippen MR) is 128 cm³/mol. The molecule has 0 aromatic heterocycles. The number of likely N-dealkylation sites (tertiary alicyclic amines) is 1. The number of ether oxygens (including phenoxy) is 4. The van der Waals surface area contributed by atoms with E-state index < -0.39 is 12.0 Å². The molecule has 0 saturated carbocycles. The molecule has 2 amide bonds. The van der Waals surface area contributed by atoms with Gasteiger partial charge in [0.1, 0.15) is 5.75 Å². The van der Waals surface area contributed by atoms with Crippen molar-refractivity contribution in [2.45, 2.75) is 25.3 Å². The summed E-state index contributed by atoms with van der Waals surface area (Å²) in [6.45, 7) is 0.890. The monoisotopic (exact) mass is 484 g/mol. The zero-order valence-corrected chi connectivity index (χ0v) is 20.3. The Kier molecular flexibility index (Phi) is 9.34. The molecule has 2 aromatic carbocycles. The highest BCUT2D eigenvalue weighted by Crippen LogP contribution is 2.31. The number of nitrogens with zero attached hydrogens (tertiary/aromatic N) is 1. The molecule has 35 heavy (non-hydrogen) atoms. The third-order valence-electron chi connectivity index (χ3n) is 6.05. The van der Waals surface area contributed by atoms with E-state index in [2.05, 4.69) is 5.32 Å². The molecule has 1 atom stereocenters. The Morgan fingerprint density at radius 3 is 2.29 bits per heavy atom. The molecule has 3 rings (SSSR count). The Labute approximate surface area is 205 Å². The number of nitrogens with one attached hydrogen (secondary N) is 1. The normalized spacial score (nSPS) is 14.5. The molecular weight excluding hydrogens is 452 g/mol. The van der Waals surface area contributed by atoms with E-state index in [1.165, 1.54) is 21.3 Å². The summed E-state index contributed by atoms with van der Waals surface area (Å²) in [5, 5.41) is 2.98. The fourth-order valence-corrected chi connectivity index (χ4v) is 4.01. The van der Waals surface area contributed by atoms with E-state index in [0.29, 0.717) is 48.7 Å². The molecule has 1 heterocycles. The summed E-state index contributed by atoms with van der Waals surface area (Å²) in [7, 11) is 4.37. The third-order valence-corrected chi connectivity index (χ3v) is 6.05. The highest BCUT2D eigenvalue weighted by atomic mass is 16.5. The third kappa shape index (κ3) is 7.11. The lowest BCUT2D eigenvalue weighted by Gasteiger charge is -2.32. The summed E-state index contributed by atoms with van der Waals surface area (Å²) in [4.78, 5) is 39.3. The lowest BCUT2D eigenvalue weighted by atomic mass is 9.94. The standard InChI is InChI=1S/C26H32N2O7/c1-32-22-10-9-19(15-23(22)33-2)21(16-25(30)34-3)27-26(31)18-11-13-28(14-12-18)24(29)17-35-20-7-5-4-6-8-20/h4-10,15,18,21H,11-14,16-17H2,1-3H3,(H,27,31). The van der Waals surface area contributed by atoms with Crippen LogP contribution in [0.2, 0.25) is 0 Å². The molecule has 0 spiro atoms. The number of carbonyl (C=O) groups excluding carboxylic acids is 3.